The number of Topliss-reactive ketones (excluding diaryl/α,β-unsaturated/α-hetero) is 1. The number of phenols is 1. The lowest BCUT2D eigenvalue weighted by molar-refractivity contribution is 0.0917. The lowest BCUT2D eigenvalue weighted by Crippen LogP contribution is -2.18. The molecule has 1 N–H and O–H groups in total. The zero-order valence-corrected chi connectivity index (χ0v) is 11.9. The topological polar surface area (TPSA) is 50.2 Å². The van der Waals surface area contributed by atoms with Crippen molar-refractivity contribution in [1.82, 2.24) is 4.98 Å². The Morgan fingerprint density at radius 3 is 3.00 bits per heavy atom. The van der Waals surface area contributed by atoms with Gasteiger partial charge in [-0.05, 0) is 31.0 Å². The molecule has 2 aromatic rings. The summed E-state index contributed by atoms with van der Waals surface area (Å²) < 4.78 is 0. The van der Waals surface area contributed by atoms with Crippen LogP contribution in [0.5, 0.6) is 5.75 Å². The number of fused-ring (bicyclic) bond motifs is 1. The lowest BCUT2D eigenvalue weighted by Gasteiger charge is -2.14. The standard InChI is InChI=1S/C14H12ClNO2S/c1-7-2-4-10-13(12(7)18)19-14(16-10)8-3-5-11(17)9(15)6-8/h3,5-7,17H,2,4H2,1H3. The molecule has 3 nitrogen and oxygen atoms in total. The van der Waals surface area contributed by atoms with Crippen LogP contribution in [0.2, 0.25) is 5.02 Å². The summed E-state index contributed by atoms with van der Waals surface area (Å²) in [5.74, 6) is 0.329. The molecular weight excluding hydrogens is 282 g/mol. The van der Waals surface area contributed by atoms with Crippen molar-refractivity contribution in [3.63, 3.8) is 0 Å². The number of hydrogen-bond acceptors (Lipinski definition) is 4. The Hall–Kier alpha value is -1.39. The first kappa shape index (κ1) is 12.6. The van der Waals surface area contributed by atoms with Crippen molar-refractivity contribution in [3.8, 4) is 16.3 Å². The molecule has 0 aliphatic heterocycles. The molecule has 5 heteroatoms. The predicted molar refractivity (Wildman–Crippen MR) is 76.0 cm³/mol. The maximum Gasteiger partial charge on any atom is 0.177 e. The van der Waals surface area contributed by atoms with Crippen molar-refractivity contribution in [2.75, 3.05) is 0 Å². The van der Waals surface area contributed by atoms with Gasteiger partial charge in [0, 0.05) is 11.5 Å². The Labute approximate surface area is 119 Å². The van der Waals surface area contributed by atoms with Gasteiger partial charge in [-0.3, -0.25) is 4.79 Å². The van der Waals surface area contributed by atoms with Crippen molar-refractivity contribution < 1.29 is 9.90 Å². The van der Waals surface area contributed by atoms with Crippen molar-refractivity contribution in [1.29, 1.82) is 0 Å². The molecule has 0 spiro atoms. The third kappa shape index (κ3) is 2.15. The number of nitrogens with zero attached hydrogens (tertiary/aromatic N) is 1. The Morgan fingerprint density at radius 2 is 2.26 bits per heavy atom. The van der Waals surface area contributed by atoms with Gasteiger partial charge in [0.15, 0.2) is 5.78 Å². The van der Waals surface area contributed by atoms with E-state index in [-0.39, 0.29) is 17.5 Å². The second-order valence-corrected chi connectivity index (χ2v) is 6.17. The van der Waals surface area contributed by atoms with E-state index in [1.165, 1.54) is 11.3 Å². The number of rotatable bonds is 1. The maximum atomic E-state index is 12.1. The minimum absolute atomic E-state index is 0.0523. The number of halogens is 1. The SMILES string of the molecule is CC1CCc2nc(-c3ccc(O)c(Cl)c3)sc2C1=O. The predicted octanol–water partition coefficient (Wildman–Crippen LogP) is 3.93. The van der Waals surface area contributed by atoms with Gasteiger partial charge in [0.05, 0.1) is 15.6 Å². The summed E-state index contributed by atoms with van der Waals surface area (Å²) in [6, 6.07) is 4.98. The Balaban J connectivity index is 2.05. The molecule has 0 fully saturated rings. The van der Waals surface area contributed by atoms with Gasteiger partial charge in [-0.25, -0.2) is 4.98 Å². The summed E-state index contributed by atoms with van der Waals surface area (Å²) in [4.78, 5) is 17.4. The fourth-order valence-corrected chi connectivity index (χ4v) is 3.53. The number of ketones is 1. The number of aromatic hydroxyl groups is 1. The number of carbonyl (C=O) groups excluding carboxylic acids is 1. The minimum atomic E-state index is 0.0523. The van der Waals surface area contributed by atoms with E-state index in [2.05, 4.69) is 4.98 Å². The van der Waals surface area contributed by atoms with E-state index in [0.29, 0.717) is 5.02 Å². The van der Waals surface area contributed by atoms with Crippen LogP contribution in [0, 0.1) is 5.92 Å². The van der Waals surface area contributed by atoms with Gasteiger partial charge in [0.25, 0.3) is 0 Å². The van der Waals surface area contributed by atoms with Crippen LogP contribution in [0.15, 0.2) is 18.2 Å². The number of phenolic OH excluding ortho intramolecular Hbond substituents is 1. The average Bonchev–Trinajstić information content (AvgIpc) is 2.82. The van der Waals surface area contributed by atoms with Crippen LogP contribution in [0.25, 0.3) is 10.6 Å². The molecule has 1 aromatic heterocycles. The zero-order chi connectivity index (χ0) is 13.6. The summed E-state index contributed by atoms with van der Waals surface area (Å²) in [6.07, 6.45) is 1.72. The first-order valence-corrected chi connectivity index (χ1v) is 7.28. The number of hydrogen-bond donors (Lipinski definition) is 1. The van der Waals surface area contributed by atoms with Crippen molar-refractivity contribution in [2.24, 2.45) is 5.92 Å². The molecule has 0 bridgehead atoms. The summed E-state index contributed by atoms with van der Waals surface area (Å²) >= 11 is 7.32. The van der Waals surface area contributed by atoms with Crippen molar-refractivity contribution >= 4 is 28.7 Å². The summed E-state index contributed by atoms with van der Waals surface area (Å²) in [6.45, 7) is 1.96. The van der Waals surface area contributed by atoms with Gasteiger partial charge in [-0.1, -0.05) is 18.5 Å². The molecule has 1 aliphatic carbocycles. The highest BCUT2D eigenvalue weighted by Gasteiger charge is 2.28. The average molecular weight is 294 g/mol. The van der Waals surface area contributed by atoms with Gasteiger partial charge >= 0.3 is 0 Å². The molecule has 0 saturated carbocycles. The number of benzene rings is 1. The summed E-state index contributed by atoms with van der Waals surface area (Å²) in [5.41, 5.74) is 1.73. The first-order valence-electron chi connectivity index (χ1n) is 6.09. The molecule has 0 radical (unpaired) electrons. The molecule has 3 rings (SSSR count). The third-order valence-electron chi connectivity index (χ3n) is 3.38. The lowest BCUT2D eigenvalue weighted by atomic mass is 9.92. The van der Waals surface area contributed by atoms with Crippen molar-refractivity contribution in [3.05, 3.63) is 33.8 Å². The normalized spacial score (nSPS) is 18.4. The maximum absolute atomic E-state index is 12.1. The van der Waals surface area contributed by atoms with Gasteiger partial charge < -0.3 is 5.11 Å². The van der Waals surface area contributed by atoms with E-state index < -0.39 is 0 Å². The van der Waals surface area contributed by atoms with E-state index >= 15 is 0 Å². The largest absolute Gasteiger partial charge is 0.506 e. The van der Waals surface area contributed by atoms with E-state index in [1.807, 2.05) is 6.92 Å². The van der Waals surface area contributed by atoms with Crippen LogP contribution in [0.3, 0.4) is 0 Å². The molecule has 0 amide bonds. The number of aryl methyl sites for hydroxylation is 1. The second kappa shape index (κ2) is 4.62. The molecule has 1 unspecified atom stereocenters. The fraction of sp³-hybridized carbons (Fsp3) is 0.286. The van der Waals surface area contributed by atoms with Gasteiger partial charge in [0.1, 0.15) is 10.8 Å². The summed E-state index contributed by atoms with van der Waals surface area (Å²) in [7, 11) is 0. The highest BCUT2D eigenvalue weighted by molar-refractivity contribution is 7.17. The number of thiazole rings is 1. The van der Waals surface area contributed by atoms with Crippen molar-refractivity contribution in [2.45, 2.75) is 19.8 Å². The van der Waals surface area contributed by atoms with Crippen LogP contribution in [0.4, 0.5) is 0 Å². The fourth-order valence-electron chi connectivity index (χ4n) is 2.19. The molecule has 1 aliphatic rings. The van der Waals surface area contributed by atoms with E-state index in [1.54, 1.807) is 18.2 Å². The molecule has 0 saturated heterocycles. The monoisotopic (exact) mass is 293 g/mol. The molecule has 98 valence electrons. The third-order valence-corrected chi connectivity index (χ3v) is 4.84. The Kier molecular flexibility index (Phi) is 3.07. The van der Waals surface area contributed by atoms with Crippen LogP contribution in [0.1, 0.15) is 28.7 Å². The van der Waals surface area contributed by atoms with E-state index in [9.17, 15) is 9.90 Å². The summed E-state index contributed by atoms with van der Waals surface area (Å²) in [5, 5.41) is 10.5. The van der Waals surface area contributed by atoms with Gasteiger partial charge in [-0.15, -0.1) is 11.3 Å². The first-order chi connectivity index (χ1) is 9.06. The van der Waals surface area contributed by atoms with Crippen LogP contribution < -0.4 is 0 Å². The highest BCUT2D eigenvalue weighted by Crippen LogP contribution is 2.36. The van der Waals surface area contributed by atoms with E-state index in [4.69, 9.17) is 11.6 Å². The number of carbonyl (C=O) groups is 1. The van der Waals surface area contributed by atoms with Crippen LogP contribution in [-0.2, 0) is 6.42 Å². The second-order valence-electron chi connectivity index (χ2n) is 4.77. The zero-order valence-electron chi connectivity index (χ0n) is 10.3. The molecule has 1 atom stereocenters. The molecular formula is C14H12ClNO2S. The Bertz CT molecular complexity index is 665. The van der Waals surface area contributed by atoms with Gasteiger partial charge in [-0.2, -0.15) is 0 Å². The highest BCUT2D eigenvalue weighted by atomic mass is 35.5. The van der Waals surface area contributed by atoms with Crippen LogP contribution >= 0.6 is 22.9 Å². The van der Waals surface area contributed by atoms with E-state index in [0.717, 1.165) is 34.0 Å². The van der Waals surface area contributed by atoms with Gasteiger partial charge in [0.2, 0.25) is 0 Å². The Morgan fingerprint density at radius 1 is 1.47 bits per heavy atom. The smallest absolute Gasteiger partial charge is 0.177 e. The van der Waals surface area contributed by atoms with Crippen LogP contribution in [-0.4, -0.2) is 15.9 Å². The minimum Gasteiger partial charge on any atom is -0.506 e. The quantitative estimate of drug-likeness (QED) is 0.866. The molecule has 1 aromatic carbocycles. The molecule has 19 heavy (non-hydrogen) atoms. The number of aromatic nitrogens is 1. The molecule has 1 heterocycles.